The zero-order chi connectivity index (χ0) is 17.5. The summed E-state index contributed by atoms with van der Waals surface area (Å²) in [7, 11) is 1.39. The van der Waals surface area contributed by atoms with Gasteiger partial charge in [0.05, 0.1) is 18.2 Å². The maximum absolute atomic E-state index is 11.1. The fourth-order valence-corrected chi connectivity index (χ4v) is 1.99. The van der Waals surface area contributed by atoms with E-state index in [1.807, 2.05) is 0 Å². The molecule has 1 heterocycles. The number of benzene rings is 1. The molecule has 2 aromatic rings. The van der Waals surface area contributed by atoms with Crippen LogP contribution in [0.1, 0.15) is 11.4 Å². The molecular formula is C13H15N7O3S. The highest BCUT2D eigenvalue weighted by Gasteiger charge is 2.15. The van der Waals surface area contributed by atoms with E-state index in [9.17, 15) is 10.1 Å². The fraction of sp³-hybridized carbons (Fsp3) is 0.154. The van der Waals surface area contributed by atoms with E-state index in [0.717, 1.165) is 5.56 Å². The summed E-state index contributed by atoms with van der Waals surface area (Å²) in [6.07, 6.45) is 4.79. The number of hydrogen-bond acceptors (Lipinski definition) is 7. The summed E-state index contributed by atoms with van der Waals surface area (Å²) in [5.74, 6) is 5.87. The summed E-state index contributed by atoms with van der Waals surface area (Å²) < 4.78 is 6.76. The van der Waals surface area contributed by atoms with Crippen LogP contribution in [0.15, 0.2) is 35.7 Å². The Morgan fingerprint density at radius 3 is 3.08 bits per heavy atom. The average molecular weight is 349 g/mol. The molecular weight excluding hydrogens is 334 g/mol. The number of imidazole rings is 1. The lowest BCUT2D eigenvalue weighted by molar-refractivity contribution is -0.385. The van der Waals surface area contributed by atoms with Crippen molar-refractivity contribution in [2.75, 3.05) is 7.11 Å². The van der Waals surface area contributed by atoms with Crippen molar-refractivity contribution in [2.24, 2.45) is 10.9 Å². The van der Waals surface area contributed by atoms with Crippen LogP contribution in [0.25, 0.3) is 0 Å². The molecule has 0 aliphatic rings. The standard InChI is InChI=1S/C13H15N7O3S/c1-23-11-3-2-9(6-10(11)20(21)22)8-19-5-4-15-12(19)7-16-18-13(24)17-14/h2-7H,8,14H2,1H3,(H2,17,18,24)/b16-7-. The molecule has 0 radical (unpaired) electrons. The van der Waals surface area contributed by atoms with Gasteiger partial charge >= 0.3 is 5.69 Å². The van der Waals surface area contributed by atoms with E-state index < -0.39 is 4.92 Å². The van der Waals surface area contributed by atoms with E-state index >= 15 is 0 Å². The minimum absolute atomic E-state index is 0.0913. The second-order valence-corrected chi connectivity index (χ2v) is 4.93. The summed E-state index contributed by atoms with van der Waals surface area (Å²) >= 11 is 4.79. The number of nitrogens with zero attached hydrogens (tertiary/aromatic N) is 4. The molecule has 11 heteroatoms. The van der Waals surface area contributed by atoms with Crippen LogP contribution in [0, 0.1) is 10.1 Å². The average Bonchev–Trinajstić information content (AvgIpc) is 3.01. The molecule has 0 unspecified atom stereocenters. The number of hydrazone groups is 1. The minimum atomic E-state index is -0.483. The van der Waals surface area contributed by atoms with Crippen LogP contribution in [-0.4, -0.2) is 32.9 Å². The van der Waals surface area contributed by atoms with Gasteiger partial charge in [0.1, 0.15) is 0 Å². The van der Waals surface area contributed by atoms with Crippen LogP contribution in [0.2, 0.25) is 0 Å². The van der Waals surface area contributed by atoms with Gasteiger partial charge in [-0.1, -0.05) is 6.07 Å². The maximum Gasteiger partial charge on any atom is 0.311 e. The number of aromatic nitrogens is 2. The Kier molecular flexibility index (Phi) is 5.76. The lowest BCUT2D eigenvalue weighted by atomic mass is 10.2. The topological polar surface area (TPSA) is 133 Å². The molecule has 0 aliphatic carbocycles. The Labute approximate surface area is 142 Å². The maximum atomic E-state index is 11.1. The molecule has 10 nitrogen and oxygen atoms in total. The molecule has 4 N–H and O–H groups in total. The predicted octanol–water partition coefficient (Wildman–Crippen LogP) is 0.520. The van der Waals surface area contributed by atoms with Crippen molar-refractivity contribution in [2.45, 2.75) is 6.54 Å². The molecule has 1 aromatic carbocycles. The Bertz CT molecular complexity index is 775. The highest BCUT2D eigenvalue weighted by atomic mass is 32.1. The first-order valence-electron chi connectivity index (χ1n) is 6.67. The third kappa shape index (κ3) is 4.24. The van der Waals surface area contributed by atoms with E-state index in [2.05, 4.69) is 20.9 Å². The quantitative estimate of drug-likeness (QED) is 0.226. The molecule has 2 rings (SSSR count). The molecule has 1 aromatic heterocycles. The second kappa shape index (κ2) is 7.99. The van der Waals surface area contributed by atoms with Crippen molar-refractivity contribution in [1.82, 2.24) is 20.4 Å². The first-order chi connectivity index (χ1) is 11.5. The van der Waals surface area contributed by atoms with Crippen LogP contribution in [0.4, 0.5) is 5.69 Å². The van der Waals surface area contributed by atoms with Gasteiger partial charge in [-0.2, -0.15) is 5.10 Å². The number of nitro groups is 1. The first-order valence-corrected chi connectivity index (χ1v) is 7.08. The molecule has 0 fully saturated rings. The van der Waals surface area contributed by atoms with Gasteiger partial charge in [0.2, 0.25) is 5.11 Å². The van der Waals surface area contributed by atoms with Gasteiger partial charge in [0.25, 0.3) is 0 Å². The highest BCUT2D eigenvalue weighted by Crippen LogP contribution is 2.27. The molecule has 126 valence electrons. The molecule has 0 bridgehead atoms. The van der Waals surface area contributed by atoms with Crippen molar-refractivity contribution in [3.05, 3.63) is 52.1 Å². The lowest BCUT2D eigenvalue weighted by Crippen LogP contribution is -2.37. The molecule has 0 aliphatic heterocycles. The molecule has 0 saturated heterocycles. The van der Waals surface area contributed by atoms with Crippen molar-refractivity contribution in [3.8, 4) is 5.75 Å². The summed E-state index contributed by atoms with van der Waals surface area (Å²) in [4.78, 5) is 14.7. The molecule has 0 saturated carbocycles. The summed E-state index contributed by atoms with van der Waals surface area (Å²) in [6, 6.07) is 4.77. The van der Waals surface area contributed by atoms with E-state index in [1.165, 1.54) is 19.4 Å². The fourth-order valence-electron chi connectivity index (χ4n) is 1.94. The number of methoxy groups -OCH3 is 1. The zero-order valence-electron chi connectivity index (χ0n) is 12.7. The van der Waals surface area contributed by atoms with E-state index in [-0.39, 0.29) is 16.5 Å². The smallest absolute Gasteiger partial charge is 0.311 e. The number of hydrazine groups is 1. The van der Waals surface area contributed by atoms with Gasteiger partial charge in [0, 0.05) is 25.0 Å². The largest absolute Gasteiger partial charge is 0.490 e. The van der Waals surface area contributed by atoms with Gasteiger partial charge in [0.15, 0.2) is 11.6 Å². The van der Waals surface area contributed by atoms with Gasteiger partial charge in [-0.05, 0) is 23.8 Å². The third-order valence-corrected chi connectivity index (χ3v) is 3.23. The van der Waals surface area contributed by atoms with Crippen molar-refractivity contribution in [1.29, 1.82) is 0 Å². The van der Waals surface area contributed by atoms with Crippen LogP contribution < -0.4 is 21.4 Å². The SMILES string of the molecule is COc1ccc(Cn2ccnc2/C=N\NC(=S)NN)cc1[N+](=O)[O-]. The Morgan fingerprint density at radius 1 is 1.62 bits per heavy atom. The van der Waals surface area contributed by atoms with Crippen LogP contribution in [0.5, 0.6) is 5.75 Å². The number of thiocarbonyl (C=S) groups is 1. The Balaban J connectivity index is 2.18. The van der Waals surface area contributed by atoms with Gasteiger partial charge in [-0.3, -0.25) is 21.0 Å². The zero-order valence-corrected chi connectivity index (χ0v) is 13.5. The van der Waals surface area contributed by atoms with Crippen molar-refractivity contribution in [3.63, 3.8) is 0 Å². The predicted molar refractivity (Wildman–Crippen MR) is 91.6 cm³/mol. The molecule has 0 atom stereocenters. The number of nitrogens with two attached hydrogens (primary N) is 1. The number of nitro benzene ring substituents is 1. The number of ether oxygens (including phenoxy) is 1. The first kappa shape index (κ1) is 17.3. The number of rotatable bonds is 6. The number of nitrogens with one attached hydrogen (secondary N) is 2. The van der Waals surface area contributed by atoms with E-state index in [1.54, 1.807) is 29.1 Å². The van der Waals surface area contributed by atoms with Gasteiger partial charge in [-0.25, -0.2) is 10.8 Å². The summed E-state index contributed by atoms with van der Waals surface area (Å²) in [6.45, 7) is 0.381. The van der Waals surface area contributed by atoms with Gasteiger partial charge < -0.3 is 9.30 Å². The van der Waals surface area contributed by atoms with Crippen LogP contribution in [0.3, 0.4) is 0 Å². The summed E-state index contributed by atoms with van der Waals surface area (Å²) in [5, 5.41) is 15.1. The third-order valence-electron chi connectivity index (χ3n) is 3.02. The van der Waals surface area contributed by atoms with Crippen molar-refractivity contribution < 1.29 is 9.66 Å². The number of hydrogen-bond donors (Lipinski definition) is 3. The molecule has 0 amide bonds. The molecule has 0 spiro atoms. The van der Waals surface area contributed by atoms with Crippen LogP contribution in [-0.2, 0) is 6.54 Å². The Morgan fingerprint density at radius 2 is 2.42 bits per heavy atom. The van der Waals surface area contributed by atoms with Gasteiger partial charge in [-0.15, -0.1) is 0 Å². The van der Waals surface area contributed by atoms with E-state index in [0.29, 0.717) is 12.4 Å². The minimum Gasteiger partial charge on any atom is -0.490 e. The van der Waals surface area contributed by atoms with E-state index in [4.69, 9.17) is 22.8 Å². The molecule has 24 heavy (non-hydrogen) atoms. The highest BCUT2D eigenvalue weighted by molar-refractivity contribution is 7.80. The Hall–Kier alpha value is -3.05. The summed E-state index contributed by atoms with van der Waals surface area (Å²) in [5.41, 5.74) is 5.37. The normalized spacial score (nSPS) is 10.6. The van der Waals surface area contributed by atoms with Crippen LogP contribution >= 0.6 is 12.2 Å². The monoisotopic (exact) mass is 349 g/mol. The van der Waals surface area contributed by atoms with Crippen molar-refractivity contribution >= 4 is 29.2 Å². The second-order valence-electron chi connectivity index (χ2n) is 4.52. The lowest BCUT2D eigenvalue weighted by Gasteiger charge is -2.07.